The van der Waals surface area contributed by atoms with Crippen LogP contribution in [0.4, 0.5) is 5.69 Å². The van der Waals surface area contributed by atoms with E-state index in [0.717, 1.165) is 24.0 Å². The Kier molecular flexibility index (Phi) is 4.60. The van der Waals surface area contributed by atoms with Gasteiger partial charge in [-0.25, -0.2) is 4.68 Å². The van der Waals surface area contributed by atoms with Crippen molar-refractivity contribution in [2.45, 2.75) is 25.8 Å². The van der Waals surface area contributed by atoms with E-state index < -0.39 is 0 Å². The van der Waals surface area contributed by atoms with Gasteiger partial charge in [-0.3, -0.25) is 9.59 Å². The van der Waals surface area contributed by atoms with Crippen LogP contribution in [0.1, 0.15) is 24.4 Å². The molecule has 130 valence electrons. The first-order valence-corrected chi connectivity index (χ1v) is 8.06. The van der Waals surface area contributed by atoms with E-state index in [9.17, 15) is 9.59 Å². The van der Waals surface area contributed by atoms with Crippen LogP contribution in [0, 0.1) is 6.92 Å². The van der Waals surface area contributed by atoms with Crippen LogP contribution in [0.5, 0.6) is 0 Å². The Morgan fingerprint density at radius 3 is 2.88 bits per heavy atom. The molecule has 0 unspecified atom stereocenters. The molecule has 1 N–H and O–H groups in total. The highest BCUT2D eigenvalue weighted by atomic mass is 16.2. The number of tetrazole rings is 1. The van der Waals surface area contributed by atoms with Gasteiger partial charge in [0.1, 0.15) is 0 Å². The number of amides is 2. The highest BCUT2D eigenvalue weighted by molar-refractivity contribution is 5.96. The van der Waals surface area contributed by atoms with Crippen LogP contribution in [-0.2, 0) is 9.59 Å². The maximum Gasteiger partial charge on any atom is 0.246 e. The number of benzene rings is 1. The molecule has 8 heteroatoms. The lowest BCUT2D eigenvalue weighted by Crippen LogP contribution is -2.33. The molecule has 0 radical (unpaired) electrons. The summed E-state index contributed by atoms with van der Waals surface area (Å²) in [5.41, 5.74) is 2.54. The van der Waals surface area contributed by atoms with Gasteiger partial charge in [-0.05, 0) is 54.0 Å². The third-order valence-electron chi connectivity index (χ3n) is 4.08. The van der Waals surface area contributed by atoms with Crippen LogP contribution in [-0.4, -0.2) is 50.5 Å². The van der Waals surface area contributed by atoms with E-state index in [-0.39, 0.29) is 18.4 Å². The number of carbonyl (C=O) groups is 2. The molecule has 1 aromatic heterocycles. The lowest BCUT2D eigenvalue weighted by molar-refractivity contribution is -0.129. The number of nitrogens with one attached hydrogen (secondary N) is 1. The van der Waals surface area contributed by atoms with E-state index in [1.807, 2.05) is 29.8 Å². The molecular formula is C17H20N6O2. The number of anilines is 1. The van der Waals surface area contributed by atoms with Gasteiger partial charge in [0.25, 0.3) is 0 Å². The standard InChI is InChI=1S/C17H20N6O2/c1-4-16(25)22(3)10-15(24)18-12-6-5-11(2)14(9-12)17-19-20-21-23(17)13-7-8-13/h4-6,9,13H,1,7-8,10H2,2-3H3,(H,18,24). The Bertz CT molecular complexity index is 824. The van der Waals surface area contributed by atoms with E-state index in [4.69, 9.17) is 0 Å². The zero-order valence-electron chi connectivity index (χ0n) is 14.3. The third kappa shape index (κ3) is 3.73. The molecule has 1 saturated carbocycles. The summed E-state index contributed by atoms with van der Waals surface area (Å²) in [7, 11) is 1.55. The first kappa shape index (κ1) is 16.8. The van der Waals surface area contributed by atoms with Crippen molar-refractivity contribution in [3.05, 3.63) is 36.4 Å². The summed E-state index contributed by atoms with van der Waals surface area (Å²) < 4.78 is 1.84. The molecule has 0 atom stereocenters. The molecule has 1 fully saturated rings. The molecule has 0 aliphatic heterocycles. The summed E-state index contributed by atoms with van der Waals surface area (Å²) in [4.78, 5) is 24.9. The van der Waals surface area contributed by atoms with Crippen molar-refractivity contribution in [2.75, 3.05) is 18.9 Å². The second kappa shape index (κ2) is 6.84. The van der Waals surface area contributed by atoms with Gasteiger partial charge in [0, 0.05) is 18.3 Å². The largest absolute Gasteiger partial charge is 0.333 e. The number of aryl methyl sites for hydroxylation is 1. The molecule has 1 aliphatic rings. The van der Waals surface area contributed by atoms with Crippen molar-refractivity contribution >= 4 is 17.5 Å². The molecule has 0 spiro atoms. The van der Waals surface area contributed by atoms with Crippen molar-refractivity contribution < 1.29 is 9.59 Å². The number of hydrogen-bond donors (Lipinski definition) is 1. The fourth-order valence-corrected chi connectivity index (χ4v) is 2.53. The van der Waals surface area contributed by atoms with Gasteiger partial charge in [0.2, 0.25) is 11.8 Å². The number of carbonyl (C=O) groups excluding carboxylic acids is 2. The van der Waals surface area contributed by atoms with Crippen LogP contribution < -0.4 is 5.32 Å². The lowest BCUT2D eigenvalue weighted by Gasteiger charge is -2.15. The Labute approximate surface area is 145 Å². The summed E-state index contributed by atoms with van der Waals surface area (Å²) in [6, 6.07) is 5.95. The number of nitrogens with zero attached hydrogens (tertiary/aromatic N) is 5. The molecule has 1 heterocycles. The van der Waals surface area contributed by atoms with Crippen molar-refractivity contribution in [3.63, 3.8) is 0 Å². The number of aromatic nitrogens is 4. The lowest BCUT2D eigenvalue weighted by atomic mass is 10.1. The van der Waals surface area contributed by atoms with Gasteiger partial charge in [-0.15, -0.1) is 5.10 Å². The summed E-state index contributed by atoms with van der Waals surface area (Å²) in [6.45, 7) is 5.33. The highest BCUT2D eigenvalue weighted by Crippen LogP contribution is 2.37. The van der Waals surface area contributed by atoms with Crippen LogP contribution in [0.2, 0.25) is 0 Å². The Morgan fingerprint density at radius 2 is 2.20 bits per heavy atom. The van der Waals surface area contributed by atoms with Gasteiger partial charge in [0.15, 0.2) is 5.82 Å². The van der Waals surface area contributed by atoms with Crippen molar-refractivity contribution in [3.8, 4) is 11.4 Å². The average Bonchev–Trinajstić information content (AvgIpc) is 3.32. The van der Waals surface area contributed by atoms with E-state index in [2.05, 4.69) is 27.4 Å². The molecule has 1 aromatic carbocycles. The predicted octanol–water partition coefficient (Wildman–Crippen LogP) is 1.57. The molecule has 2 amide bonds. The Hall–Kier alpha value is -3.03. The average molecular weight is 340 g/mol. The third-order valence-corrected chi connectivity index (χ3v) is 4.08. The molecule has 25 heavy (non-hydrogen) atoms. The normalized spacial score (nSPS) is 13.4. The molecule has 1 aliphatic carbocycles. The molecular weight excluding hydrogens is 320 g/mol. The van der Waals surface area contributed by atoms with Crippen molar-refractivity contribution in [2.24, 2.45) is 0 Å². The van der Waals surface area contributed by atoms with E-state index >= 15 is 0 Å². The second-order valence-corrected chi connectivity index (χ2v) is 6.15. The predicted molar refractivity (Wildman–Crippen MR) is 92.7 cm³/mol. The summed E-state index contributed by atoms with van der Waals surface area (Å²) in [6.07, 6.45) is 3.34. The second-order valence-electron chi connectivity index (χ2n) is 6.15. The zero-order valence-corrected chi connectivity index (χ0v) is 14.3. The number of rotatable bonds is 6. The molecule has 0 saturated heterocycles. The minimum atomic E-state index is -0.302. The highest BCUT2D eigenvalue weighted by Gasteiger charge is 2.28. The quantitative estimate of drug-likeness (QED) is 0.806. The molecule has 3 rings (SSSR count). The minimum absolute atomic E-state index is 0.0477. The molecule has 8 nitrogen and oxygen atoms in total. The van der Waals surface area contributed by atoms with E-state index in [0.29, 0.717) is 17.6 Å². The fraction of sp³-hybridized carbons (Fsp3) is 0.353. The Balaban J connectivity index is 1.77. The summed E-state index contributed by atoms with van der Waals surface area (Å²) in [5.74, 6) is 0.118. The zero-order chi connectivity index (χ0) is 18.0. The van der Waals surface area contributed by atoms with Crippen LogP contribution in [0.3, 0.4) is 0 Å². The van der Waals surface area contributed by atoms with Gasteiger partial charge >= 0.3 is 0 Å². The maximum atomic E-state index is 12.1. The maximum absolute atomic E-state index is 12.1. The van der Waals surface area contributed by atoms with Gasteiger partial charge < -0.3 is 10.2 Å². The minimum Gasteiger partial charge on any atom is -0.333 e. The molecule has 2 aromatic rings. The number of likely N-dealkylation sites (N-methyl/N-ethyl adjacent to an activating group) is 1. The SMILES string of the molecule is C=CC(=O)N(C)CC(=O)Nc1ccc(C)c(-c2nnnn2C2CC2)c1. The first-order valence-electron chi connectivity index (χ1n) is 8.06. The summed E-state index contributed by atoms with van der Waals surface area (Å²) in [5, 5.41) is 14.8. The fourth-order valence-electron chi connectivity index (χ4n) is 2.53. The van der Waals surface area contributed by atoms with E-state index in [1.54, 1.807) is 7.05 Å². The first-order chi connectivity index (χ1) is 12.0. The van der Waals surface area contributed by atoms with Gasteiger partial charge in [-0.1, -0.05) is 12.6 Å². The smallest absolute Gasteiger partial charge is 0.246 e. The van der Waals surface area contributed by atoms with Crippen LogP contribution in [0.25, 0.3) is 11.4 Å². The van der Waals surface area contributed by atoms with Gasteiger partial charge in [0.05, 0.1) is 12.6 Å². The topological polar surface area (TPSA) is 93.0 Å². The van der Waals surface area contributed by atoms with Gasteiger partial charge in [-0.2, -0.15) is 0 Å². The molecule has 0 bridgehead atoms. The number of hydrogen-bond acceptors (Lipinski definition) is 5. The van der Waals surface area contributed by atoms with E-state index in [1.165, 1.54) is 11.0 Å². The van der Waals surface area contributed by atoms with Crippen molar-refractivity contribution in [1.82, 2.24) is 25.1 Å². The van der Waals surface area contributed by atoms with Crippen LogP contribution >= 0.6 is 0 Å². The summed E-state index contributed by atoms with van der Waals surface area (Å²) >= 11 is 0. The van der Waals surface area contributed by atoms with Crippen molar-refractivity contribution in [1.29, 1.82) is 0 Å². The van der Waals surface area contributed by atoms with Crippen LogP contribution in [0.15, 0.2) is 30.9 Å². The Morgan fingerprint density at radius 1 is 1.44 bits per heavy atom. The monoisotopic (exact) mass is 340 g/mol.